The molecule has 0 aromatic carbocycles. The molecule has 0 aliphatic carbocycles. The van der Waals surface area contributed by atoms with Crippen molar-refractivity contribution in [2.24, 2.45) is 5.92 Å². The lowest BCUT2D eigenvalue weighted by Gasteiger charge is -2.33. The van der Waals surface area contributed by atoms with E-state index in [9.17, 15) is 4.79 Å². The Morgan fingerprint density at radius 3 is 2.96 bits per heavy atom. The van der Waals surface area contributed by atoms with Gasteiger partial charge < -0.3 is 10.2 Å². The van der Waals surface area contributed by atoms with Gasteiger partial charge >= 0.3 is 0 Å². The number of pyridine rings is 1. The number of amides is 1. The molecule has 3 rings (SSSR count). The van der Waals surface area contributed by atoms with Crippen molar-refractivity contribution in [3.05, 3.63) is 48.7 Å². The minimum atomic E-state index is -0.0874. The van der Waals surface area contributed by atoms with E-state index in [1.54, 1.807) is 24.8 Å². The van der Waals surface area contributed by atoms with E-state index in [2.05, 4.69) is 25.2 Å². The van der Waals surface area contributed by atoms with Gasteiger partial charge in [-0.05, 0) is 31.9 Å². The van der Waals surface area contributed by atoms with E-state index < -0.39 is 0 Å². The molecule has 0 saturated carbocycles. The molecule has 1 amide bonds. The molecule has 1 N–H and O–H groups in total. The van der Waals surface area contributed by atoms with Crippen molar-refractivity contribution in [1.29, 1.82) is 0 Å². The standard InChI is InChI=1S/C17H21N5O/c1-13(15-6-2-3-7-19-15)21-17(23)14-5-4-10-22(12-14)16-11-18-8-9-20-16/h2-3,6-9,11,13-14H,4-5,10,12H2,1H3,(H,21,23). The van der Waals surface area contributed by atoms with Gasteiger partial charge in [-0.1, -0.05) is 6.07 Å². The van der Waals surface area contributed by atoms with Crippen LogP contribution in [0.25, 0.3) is 0 Å². The van der Waals surface area contributed by atoms with E-state index in [0.29, 0.717) is 6.54 Å². The van der Waals surface area contributed by atoms with E-state index in [1.807, 2.05) is 25.1 Å². The normalized spacial score (nSPS) is 19.2. The Morgan fingerprint density at radius 1 is 1.30 bits per heavy atom. The molecule has 2 aromatic heterocycles. The summed E-state index contributed by atoms with van der Waals surface area (Å²) in [5.41, 5.74) is 0.877. The predicted molar refractivity (Wildman–Crippen MR) is 87.8 cm³/mol. The van der Waals surface area contributed by atoms with Crippen LogP contribution in [-0.2, 0) is 4.79 Å². The summed E-state index contributed by atoms with van der Waals surface area (Å²) in [6.45, 7) is 3.56. The van der Waals surface area contributed by atoms with Crippen LogP contribution >= 0.6 is 0 Å². The number of anilines is 1. The molecule has 23 heavy (non-hydrogen) atoms. The lowest BCUT2D eigenvalue weighted by molar-refractivity contribution is -0.125. The van der Waals surface area contributed by atoms with Crippen molar-refractivity contribution in [3.8, 4) is 0 Å². The van der Waals surface area contributed by atoms with Crippen molar-refractivity contribution in [1.82, 2.24) is 20.3 Å². The van der Waals surface area contributed by atoms with Crippen molar-refractivity contribution in [2.75, 3.05) is 18.0 Å². The molecule has 1 aliphatic heterocycles. The molecule has 6 nitrogen and oxygen atoms in total. The van der Waals surface area contributed by atoms with E-state index in [4.69, 9.17) is 0 Å². The smallest absolute Gasteiger partial charge is 0.225 e. The van der Waals surface area contributed by atoms with Gasteiger partial charge in [0.25, 0.3) is 0 Å². The first-order valence-electron chi connectivity index (χ1n) is 7.96. The fraction of sp³-hybridized carbons (Fsp3) is 0.412. The van der Waals surface area contributed by atoms with Crippen molar-refractivity contribution >= 4 is 11.7 Å². The summed E-state index contributed by atoms with van der Waals surface area (Å²) >= 11 is 0. The second kappa shape index (κ2) is 7.17. The Labute approximate surface area is 136 Å². The van der Waals surface area contributed by atoms with Crippen LogP contribution in [0.4, 0.5) is 5.82 Å². The average molecular weight is 311 g/mol. The number of piperidine rings is 1. The zero-order valence-corrected chi connectivity index (χ0v) is 13.2. The maximum absolute atomic E-state index is 12.6. The SMILES string of the molecule is CC(NC(=O)C1CCCN(c2cnccn2)C1)c1ccccn1. The summed E-state index contributed by atoms with van der Waals surface area (Å²) in [7, 11) is 0. The molecular formula is C17H21N5O. The van der Waals surface area contributed by atoms with Crippen LogP contribution in [0.3, 0.4) is 0 Å². The van der Waals surface area contributed by atoms with Gasteiger partial charge in [-0.25, -0.2) is 4.98 Å². The van der Waals surface area contributed by atoms with E-state index >= 15 is 0 Å². The number of carbonyl (C=O) groups excluding carboxylic acids is 1. The fourth-order valence-electron chi connectivity index (χ4n) is 2.89. The van der Waals surface area contributed by atoms with Crippen LogP contribution in [0.1, 0.15) is 31.5 Å². The molecule has 2 aromatic rings. The minimum absolute atomic E-state index is 0.0306. The molecule has 1 fully saturated rings. The number of rotatable bonds is 4. The number of hydrogen-bond donors (Lipinski definition) is 1. The zero-order chi connectivity index (χ0) is 16.1. The van der Waals surface area contributed by atoms with Crippen LogP contribution in [0.5, 0.6) is 0 Å². The highest BCUT2D eigenvalue weighted by Gasteiger charge is 2.27. The van der Waals surface area contributed by atoms with Crippen molar-refractivity contribution in [2.45, 2.75) is 25.8 Å². The highest BCUT2D eigenvalue weighted by molar-refractivity contribution is 5.79. The van der Waals surface area contributed by atoms with Gasteiger partial charge in [-0.15, -0.1) is 0 Å². The summed E-state index contributed by atoms with van der Waals surface area (Å²) in [6, 6.07) is 5.65. The third-order valence-corrected chi connectivity index (χ3v) is 4.16. The van der Waals surface area contributed by atoms with Gasteiger partial charge in [0.05, 0.1) is 23.9 Å². The van der Waals surface area contributed by atoms with Crippen LogP contribution < -0.4 is 10.2 Å². The summed E-state index contributed by atoms with van der Waals surface area (Å²) in [4.78, 5) is 27.4. The Bertz CT molecular complexity index is 634. The lowest BCUT2D eigenvalue weighted by Crippen LogP contribution is -2.44. The molecule has 0 spiro atoms. The Kier molecular flexibility index (Phi) is 4.80. The quantitative estimate of drug-likeness (QED) is 0.934. The third kappa shape index (κ3) is 3.83. The second-order valence-electron chi connectivity index (χ2n) is 5.83. The summed E-state index contributed by atoms with van der Waals surface area (Å²) in [6.07, 6.45) is 8.71. The molecule has 2 atom stereocenters. The predicted octanol–water partition coefficient (Wildman–Crippen LogP) is 1.97. The van der Waals surface area contributed by atoms with Crippen LogP contribution in [0, 0.1) is 5.92 Å². The molecule has 120 valence electrons. The molecule has 3 heterocycles. The fourth-order valence-corrected chi connectivity index (χ4v) is 2.89. The molecular weight excluding hydrogens is 290 g/mol. The van der Waals surface area contributed by atoms with Crippen molar-refractivity contribution < 1.29 is 4.79 Å². The van der Waals surface area contributed by atoms with Gasteiger partial charge in [0, 0.05) is 31.7 Å². The maximum atomic E-state index is 12.6. The highest BCUT2D eigenvalue weighted by Crippen LogP contribution is 2.22. The van der Waals surface area contributed by atoms with Gasteiger partial charge in [0.15, 0.2) is 0 Å². The number of hydrogen-bond acceptors (Lipinski definition) is 5. The topological polar surface area (TPSA) is 71.0 Å². The van der Waals surface area contributed by atoms with Gasteiger partial charge in [-0.2, -0.15) is 0 Å². The van der Waals surface area contributed by atoms with E-state index in [1.165, 1.54) is 0 Å². The molecule has 6 heteroatoms. The monoisotopic (exact) mass is 311 g/mol. The number of nitrogens with one attached hydrogen (secondary N) is 1. The van der Waals surface area contributed by atoms with Gasteiger partial charge in [-0.3, -0.25) is 14.8 Å². The Balaban J connectivity index is 1.61. The molecule has 0 bridgehead atoms. The minimum Gasteiger partial charge on any atom is -0.355 e. The summed E-state index contributed by atoms with van der Waals surface area (Å²) in [5.74, 6) is 0.886. The number of aromatic nitrogens is 3. The van der Waals surface area contributed by atoms with Crippen molar-refractivity contribution in [3.63, 3.8) is 0 Å². The first-order chi connectivity index (χ1) is 11.2. The van der Waals surface area contributed by atoms with Gasteiger partial charge in [0.2, 0.25) is 5.91 Å². The average Bonchev–Trinajstić information content (AvgIpc) is 2.63. The maximum Gasteiger partial charge on any atom is 0.225 e. The van der Waals surface area contributed by atoms with E-state index in [0.717, 1.165) is 30.9 Å². The summed E-state index contributed by atoms with van der Waals surface area (Å²) in [5, 5.41) is 3.07. The van der Waals surface area contributed by atoms with Crippen LogP contribution in [0.15, 0.2) is 43.0 Å². The zero-order valence-electron chi connectivity index (χ0n) is 13.2. The first kappa shape index (κ1) is 15.4. The molecule has 0 radical (unpaired) electrons. The van der Waals surface area contributed by atoms with Crippen LogP contribution in [-0.4, -0.2) is 33.9 Å². The molecule has 1 aliphatic rings. The Hall–Kier alpha value is -2.50. The molecule has 1 saturated heterocycles. The second-order valence-corrected chi connectivity index (χ2v) is 5.83. The Morgan fingerprint density at radius 2 is 2.22 bits per heavy atom. The van der Waals surface area contributed by atoms with Gasteiger partial charge in [0.1, 0.15) is 5.82 Å². The van der Waals surface area contributed by atoms with E-state index in [-0.39, 0.29) is 17.9 Å². The molecule has 2 unspecified atom stereocenters. The summed E-state index contributed by atoms with van der Waals surface area (Å²) < 4.78 is 0. The largest absolute Gasteiger partial charge is 0.355 e. The highest BCUT2D eigenvalue weighted by atomic mass is 16.2. The number of nitrogens with zero attached hydrogens (tertiary/aromatic N) is 4. The van der Waals surface area contributed by atoms with Crippen LogP contribution in [0.2, 0.25) is 0 Å². The first-order valence-corrected chi connectivity index (χ1v) is 7.96. The lowest BCUT2D eigenvalue weighted by atomic mass is 9.96. The number of carbonyl (C=O) groups is 1. The third-order valence-electron chi connectivity index (χ3n) is 4.16.